The van der Waals surface area contributed by atoms with Crippen LogP contribution in [0.15, 0.2) is 46.9 Å². The van der Waals surface area contributed by atoms with Gasteiger partial charge in [-0.25, -0.2) is 4.98 Å². The van der Waals surface area contributed by atoms with Gasteiger partial charge in [-0.3, -0.25) is 14.2 Å². The topological polar surface area (TPSA) is 84.2 Å². The van der Waals surface area contributed by atoms with Gasteiger partial charge in [-0.2, -0.15) is 0 Å². The van der Waals surface area contributed by atoms with Gasteiger partial charge in [0, 0.05) is 19.7 Å². The number of fused-ring (bicyclic) bond motifs is 1. The number of hydrogen-bond acceptors (Lipinski definition) is 5. The first-order valence-corrected chi connectivity index (χ1v) is 8.62. The van der Waals surface area contributed by atoms with E-state index in [1.165, 1.54) is 16.3 Å². The van der Waals surface area contributed by atoms with Crippen LogP contribution in [0.25, 0.3) is 10.9 Å². The zero-order valence-electron chi connectivity index (χ0n) is 13.6. The van der Waals surface area contributed by atoms with Gasteiger partial charge in [0.25, 0.3) is 5.56 Å². The maximum Gasteiger partial charge on any atom is 0.262 e. The highest BCUT2D eigenvalue weighted by atomic mass is 32.2. The van der Waals surface area contributed by atoms with Gasteiger partial charge in [0.15, 0.2) is 5.16 Å². The van der Waals surface area contributed by atoms with Crippen molar-refractivity contribution in [2.75, 3.05) is 13.2 Å². The molecule has 2 N–H and O–H groups in total. The fourth-order valence-electron chi connectivity index (χ4n) is 2.19. The predicted molar refractivity (Wildman–Crippen MR) is 96.2 cm³/mol. The molecule has 0 spiro atoms. The van der Waals surface area contributed by atoms with Crippen LogP contribution in [0.5, 0.6) is 0 Å². The molecular weight excluding hydrogens is 326 g/mol. The predicted octanol–water partition coefficient (Wildman–Crippen LogP) is 1.56. The summed E-state index contributed by atoms with van der Waals surface area (Å²) in [6, 6.07) is 7.12. The maximum atomic E-state index is 12.7. The number of aliphatic hydroxyl groups excluding tert-OH is 1. The largest absolute Gasteiger partial charge is 0.396 e. The summed E-state index contributed by atoms with van der Waals surface area (Å²) in [4.78, 5) is 29.3. The average molecular weight is 347 g/mol. The lowest BCUT2D eigenvalue weighted by atomic mass is 10.2. The van der Waals surface area contributed by atoms with E-state index in [1.54, 1.807) is 31.2 Å². The summed E-state index contributed by atoms with van der Waals surface area (Å²) in [6.07, 6.45) is 2.06. The van der Waals surface area contributed by atoms with Gasteiger partial charge in [0.2, 0.25) is 5.91 Å². The van der Waals surface area contributed by atoms with Gasteiger partial charge in [-0.1, -0.05) is 30.0 Å². The molecule has 1 amide bonds. The highest BCUT2D eigenvalue weighted by molar-refractivity contribution is 8.00. The van der Waals surface area contributed by atoms with Crippen LogP contribution >= 0.6 is 11.8 Å². The molecule has 128 valence electrons. The molecule has 1 unspecified atom stereocenters. The Kier molecular flexibility index (Phi) is 6.57. The van der Waals surface area contributed by atoms with Crippen molar-refractivity contribution >= 4 is 28.6 Å². The van der Waals surface area contributed by atoms with E-state index in [0.717, 1.165) is 0 Å². The monoisotopic (exact) mass is 347 g/mol. The molecule has 1 atom stereocenters. The number of nitrogens with zero attached hydrogens (tertiary/aromatic N) is 2. The molecule has 1 aromatic heterocycles. The number of thioether (sulfide) groups is 1. The normalized spacial score (nSPS) is 12.1. The third kappa shape index (κ3) is 4.24. The molecule has 0 aliphatic carbocycles. The number of nitrogens with one attached hydrogen (secondary N) is 1. The number of aliphatic hydroxyl groups is 1. The molecule has 0 aliphatic rings. The van der Waals surface area contributed by atoms with E-state index in [1.807, 2.05) is 6.07 Å². The van der Waals surface area contributed by atoms with Crippen molar-refractivity contribution in [1.29, 1.82) is 0 Å². The van der Waals surface area contributed by atoms with Gasteiger partial charge < -0.3 is 10.4 Å². The van der Waals surface area contributed by atoms with Crippen LogP contribution in [-0.2, 0) is 11.3 Å². The van der Waals surface area contributed by atoms with Gasteiger partial charge in [0.1, 0.15) is 0 Å². The summed E-state index contributed by atoms with van der Waals surface area (Å²) in [5, 5.41) is 12.4. The van der Waals surface area contributed by atoms with Crippen molar-refractivity contribution in [1.82, 2.24) is 14.9 Å². The van der Waals surface area contributed by atoms with E-state index in [4.69, 9.17) is 5.11 Å². The quantitative estimate of drug-likeness (QED) is 0.430. The first-order chi connectivity index (χ1) is 11.6. The molecule has 1 heterocycles. The van der Waals surface area contributed by atoms with Crippen LogP contribution in [0, 0.1) is 0 Å². The maximum absolute atomic E-state index is 12.7. The fraction of sp³-hybridized carbons (Fsp3) is 0.353. The molecule has 0 radical (unpaired) electrons. The van der Waals surface area contributed by atoms with Crippen LogP contribution in [0.4, 0.5) is 0 Å². The Bertz CT molecular complexity index is 788. The van der Waals surface area contributed by atoms with Crippen molar-refractivity contribution in [3.8, 4) is 0 Å². The zero-order chi connectivity index (χ0) is 17.5. The number of para-hydroxylation sites is 1. The van der Waals surface area contributed by atoms with E-state index < -0.39 is 5.25 Å². The molecule has 2 aromatic rings. The molecule has 1 aromatic carbocycles. The highest BCUT2D eigenvalue weighted by Gasteiger charge is 2.18. The Hall–Kier alpha value is -2.12. The molecule has 7 heteroatoms. The third-order valence-corrected chi connectivity index (χ3v) is 4.53. The Morgan fingerprint density at radius 2 is 2.25 bits per heavy atom. The first kappa shape index (κ1) is 18.2. The summed E-state index contributed by atoms with van der Waals surface area (Å²) in [7, 11) is 0. The number of hydrogen-bond donors (Lipinski definition) is 2. The van der Waals surface area contributed by atoms with Gasteiger partial charge in [-0.15, -0.1) is 6.58 Å². The van der Waals surface area contributed by atoms with E-state index in [0.29, 0.717) is 35.6 Å². The molecule has 24 heavy (non-hydrogen) atoms. The van der Waals surface area contributed by atoms with Gasteiger partial charge in [0.05, 0.1) is 16.2 Å². The van der Waals surface area contributed by atoms with Crippen LogP contribution in [0.3, 0.4) is 0 Å². The lowest BCUT2D eigenvalue weighted by molar-refractivity contribution is -0.120. The van der Waals surface area contributed by atoms with Crippen LogP contribution < -0.4 is 10.9 Å². The molecule has 0 saturated carbocycles. The molecular formula is C17H21N3O3S. The van der Waals surface area contributed by atoms with Crippen LogP contribution in [0.1, 0.15) is 13.3 Å². The van der Waals surface area contributed by atoms with E-state index in [9.17, 15) is 9.59 Å². The number of carbonyl (C=O) groups is 1. The Labute approximate surface area is 144 Å². The van der Waals surface area contributed by atoms with E-state index in [2.05, 4.69) is 16.9 Å². The number of amides is 1. The standard InChI is InChI=1S/C17H21N3O3S/c1-3-9-18-15(22)12(2)24-17-19-14-8-5-4-7-13(14)16(23)20(17)10-6-11-21/h3-5,7-8,12,21H,1,6,9-11H2,2H3,(H,18,22). The minimum atomic E-state index is -0.404. The van der Waals surface area contributed by atoms with E-state index >= 15 is 0 Å². The lowest BCUT2D eigenvalue weighted by Crippen LogP contribution is -2.32. The summed E-state index contributed by atoms with van der Waals surface area (Å²) < 4.78 is 1.53. The summed E-state index contributed by atoms with van der Waals surface area (Å²) >= 11 is 1.23. The lowest BCUT2D eigenvalue weighted by Gasteiger charge is -2.15. The van der Waals surface area contributed by atoms with Crippen molar-refractivity contribution in [2.45, 2.75) is 30.3 Å². The van der Waals surface area contributed by atoms with Crippen LogP contribution in [0.2, 0.25) is 0 Å². The SMILES string of the molecule is C=CCNC(=O)C(C)Sc1nc2ccccc2c(=O)n1CCCO. The molecule has 0 saturated heterocycles. The molecule has 6 nitrogen and oxygen atoms in total. The minimum absolute atomic E-state index is 0.0151. The van der Waals surface area contributed by atoms with Gasteiger partial charge in [-0.05, 0) is 25.5 Å². The third-order valence-electron chi connectivity index (χ3n) is 3.44. The van der Waals surface area contributed by atoms with Crippen molar-refractivity contribution in [3.05, 3.63) is 47.3 Å². The molecule has 2 rings (SSSR count). The van der Waals surface area contributed by atoms with Crippen molar-refractivity contribution in [2.24, 2.45) is 0 Å². The summed E-state index contributed by atoms with van der Waals surface area (Å²) in [5.74, 6) is -0.143. The highest BCUT2D eigenvalue weighted by Crippen LogP contribution is 2.22. The Morgan fingerprint density at radius 1 is 1.50 bits per heavy atom. The molecule has 0 fully saturated rings. The minimum Gasteiger partial charge on any atom is -0.396 e. The zero-order valence-corrected chi connectivity index (χ0v) is 14.4. The fourth-order valence-corrected chi connectivity index (χ4v) is 3.15. The smallest absolute Gasteiger partial charge is 0.262 e. The van der Waals surface area contributed by atoms with E-state index in [-0.39, 0.29) is 18.1 Å². The number of benzene rings is 1. The molecule has 0 aliphatic heterocycles. The summed E-state index contributed by atoms with van der Waals surface area (Å²) in [6.45, 7) is 6.07. The summed E-state index contributed by atoms with van der Waals surface area (Å²) in [5.41, 5.74) is 0.444. The Morgan fingerprint density at radius 3 is 2.96 bits per heavy atom. The second-order valence-electron chi connectivity index (χ2n) is 5.24. The Balaban J connectivity index is 2.37. The van der Waals surface area contributed by atoms with Crippen molar-refractivity contribution < 1.29 is 9.90 Å². The number of rotatable bonds is 8. The number of aromatic nitrogens is 2. The second kappa shape index (κ2) is 8.65. The second-order valence-corrected chi connectivity index (χ2v) is 6.55. The van der Waals surface area contributed by atoms with Crippen molar-refractivity contribution in [3.63, 3.8) is 0 Å². The first-order valence-electron chi connectivity index (χ1n) is 7.74. The number of carbonyl (C=O) groups excluding carboxylic acids is 1. The molecule has 0 bridgehead atoms. The van der Waals surface area contributed by atoms with Crippen LogP contribution in [-0.4, -0.2) is 39.0 Å². The van der Waals surface area contributed by atoms with Gasteiger partial charge >= 0.3 is 0 Å². The average Bonchev–Trinajstić information content (AvgIpc) is 2.59.